The van der Waals surface area contributed by atoms with Crippen molar-refractivity contribution in [2.45, 2.75) is 6.92 Å². The summed E-state index contributed by atoms with van der Waals surface area (Å²) >= 11 is 0. The van der Waals surface area contributed by atoms with Gasteiger partial charge in [-0.1, -0.05) is 0 Å². The normalized spacial score (nSPS) is 11.8. The lowest BCUT2D eigenvalue weighted by Crippen LogP contribution is -2.12. The number of hydrogen-bond donors (Lipinski definition) is 1. The average Bonchev–Trinajstić information content (AvgIpc) is 3.51. The van der Waals surface area contributed by atoms with Crippen LogP contribution in [0.2, 0.25) is 0 Å². The zero-order chi connectivity index (χ0) is 24.4. The maximum atomic E-state index is 12.5. The van der Waals surface area contributed by atoms with Gasteiger partial charge in [0.25, 0.3) is 11.6 Å². The van der Waals surface area contributed by atoms with Gasteiger partial charge in [0, 0.05) is 28.9 Å². The van der Waals surface area contributed by atoms with Gasteiger partial charge in [-0.25, -0.2) is 4.68 Å². The molecule has 176 valence electrons. The highest BCUT2D eigenvalue weighted by Gasteiger charge is 2.19. The first-order valence-corrected chi connectivity index (χ1v) is 10.7. The first-order valence-electron chi connectivity index (χ1n) is 10.7. The molecule has 0 aliphatic carbocycles. The van der Waals surface area contributed by atoms with E-state index in [0.717, 1.165) is 5.56 Å². The quantitative estimate of drug-likeness (QED) is 0.312. The molecular formula is C24H19N5O6. The Hall–Kier alpha value is -4.93. The number of benzene rings is 3. The molecule has 1 aliphatic rings. The van der Waals surface area contributed by atoms with Crippen LogP contribution in [-0.2, 0) is 0 Å². The molecule has 0 saturated carbocycles. The van der Waals surface area contributed by atoms with E-state index in [1.165, 1.54) is 24.3 Å². The zero-order valence-electron chi connectivity index (χ0n) is 18.5. The van der Waals surface area contributed by atoms with Gasteiger partial charge in [0.15, 0.2) is 17.3 Å². The molecule has 0 atom stereocenters. The number of anilines is 1. The summed E-state index contributed by atoms with van der Waals surface area (Å²) in [6, 6.07) is 18.2. The number of nitro benzene ring substituents is 1. The first-order chi connectivity index (χ1) is 17.0. The van der Waals surface area contributed by atoms with E-state index in [2.05, 4.69) is 15.4 Å². The van der Waals surface area contributed by atoms with E-state index in [1.54, 1.807) is 28.9 Å². The van der Waals surface area contributed by atoms with Crippen LogP contribution in [0.25, 0.3) is 17.1 Å². The van der Waals surface area contributed by atoms with E-state index in [0.29, 0.717) is 40.9 Å². The summed E-state index contributed by atoms with van der Waals surface area (Å²) < 4.78 is 18.0. The van der Waals surface area contributed by atoms with Crippen molar-refractivity contribution < 1.29 is 23.9 Å². The minimum atomic E-state index is -0.515. The fourth-order valence-electron chi connectivity index (χ4n) is 3.51. The second-order valence-corrected chi connectivity index (χ2v) is 7.44. The van der Waals surface area contributed by atoms with E-state index in [1.807, 2.05) is 25.1 Å². The zero-order valence-corrected chi connectivity index (χ0v) is 18.5. The van der Waals surface area contributed by atoms with Crippen molar-refractivity contribution in [3.63, 3.8) is 0 Å². The van der Waals surface area contributed by atoms with Gasteiger partial charge < -0.3 is 19.5 Å². The maximum absolute atomic E-state index is 12.5. The predicted octanol–water partition coefficient (Wildman–Crippen LogP) is 4.22. The number of carbonyl (C=O) groups excluding carboxylic acids is 1. The molecule has 11 nitrogen and oxygen atoms in total. The highest BCUT2D eigenvalue weighted by atomic mass is 16.7. The third-order valence-corrected chi connectivity index (χ3v) is 5.20. The Bertz CT molecular complexity index is 1400. The second kappa shape index (κ2) is 9.14. The number of nitrogens with one attached hydrogen (secondary N) is 1. The highest BCUT2D eigenvalue weighted by molar-refractivity contribution is 6.04. The number of rotatable bonds is 7. The number of amides is 1. The van der Waals surface area contributed by atoms with Gasteiger partial charge in [0.1, 0.15) is 0 Å². The van der Waals surface area contributed by atoms with Gasteiger partial charge in [-0.05, 0) is 61.5 Å². The van der Waals surface area contributed by atoms with Crippen molar-refractivity contribution in [1.29, 1.82) is 0 Å². The minimum absolute atomic E-state index is 0.0802. The van der Waals surface area contributed by atoms with Crippen molar-refractivity contribution in [3.8, 4) is 34.6 Å². The molecule has 11 heteroatoms. The molecule has 1 amide bonds. The first kappa shape index (κ1) is 21.9. The number of non-ortho nitro benzene ring substituents is 1. The van der Waals surface area contributed by atoms with Gasteiger partial charge in [0.05, 0.1) is 17.2 Å². The van der Waals surface area contributed by atoms with Gasteiger partial charge in [-0.15, -0.1) is 5.10 Å². The minimum Gasteiger partial charge on any atom is -0.463 e. The molecule has 0 fully saturated rings. The summed E-state index contributed by atoms with van der Waals surface area (Å²) in [4.78, 5) is 27.3. The lowest BCUT2D eigenvalue weighted by Gasteiger charge is -2.09. The van der Waals surface area contributed by atoms with Crippen LogP contribution < -0.4 is 19.5 Å². The predicted molar refractivity (Wildman–Crippen MR) is 125 cm³/mol. The Morgan fingerprint density at radius 1 is 1.09 bits per heavy atom. The van der Waals surface area contributed by atoms with E-state index >= 15 is 0 Å². The molecule has 1 N–H and O–H groups in total. The number of nitrogens with zero attached hydrogens (tertiary/aromatic N) is 4. The molecule has 0 saturated heterocycles. The van der Waals surface area contributed by atoms with Crippen molar-refractivity contribution >= 4 is 17.3 Å². The smallest absolute Gasteiger partial charge is 0.336 e. The summed E-state index contributed by atoms with van der Waals surface area (Å²) in [5.41, 5.74) is 2.24. The summed E-state index contributed by atoms with van der Waals surface area (Å²) in [5, 5.41) is 18.0. The third kappa shape index (κ3) is 4.47. The molecule has 0 spiro atoms. The van der Waals surface area contributed by atoms with Crippen LogP contribution in [0.1, 0.15) is 17.3 Å². The molecule has 1 aromatic heterocycles. The molecule has 3 aromatic carbocycles. The van der Waals surface area contributed by atoms with Gasteiger partial charge >= 0.3 is 6.01 Å². The topological polar surface area (TPSA) is 131 Å². The molecule has 4 aromatic rings. The Balaban J connectivity index is 1.39. The Morgan fingerprint density at radius 3 is 2.54 bits per heavy atom. The Morgan fingerprint density at radius 2 is 1.83 bits per heavy atom. The standard InChI is InChI=1S/C24H19N5O6/c1-2-33-24-26-22(16-5-12-20-21(13-16)35-14-34-20)28(27-24)18-10-6-17(7-11-18)25-23(30)15-3-8-19(9-4-15)29(31)32/h3-13H,2,14H2,1H3,(H,25,30). The molecule has 0 radical (unpaired) electrons. The van der Waals surface area contributed by atoms with E-state index in [4.69, 9.17) is 14.2 Å². The summed E-state index contributed by atoms with van der Waals surface area (Å²) in [7, 11) is 0. The lowest BCUT2D eigenvalue weighted by atomic mass is 10.1. The highest BCUT2D eigenvalue weighted by Crippen LogP contribution is 2.36. The third-order valence-electron chi connectivity index (χ3n) is 5.20. The van der Waals surface area contributed by atoms with Crippen LogP contribution in [-0.4, -0.2) is 39.0 Å². The van der Waals surface area contributed by atoms with Crippen molar-refractivity contribution in [2.24, 2.45) is 0 Å². The van der Waals surface area contributed by atoms with Crippen LogP contribution in [0, 0.1) is 10.1 Å². The fourth-order valence-corrected chi connectivity index (χ4v) is 3.51. The van der Waals surface area contributed by atoms with Crippen molar-refractivity contribution in [1.82, 2.24) is 14.8 Å². The van der Waals surface area contributed by atoms with E-state index in [-0.39, 0.29) is 24.4 Å². The molecule has 5 rings (SSSR count). The largest absolute Gasteiger partial charge is 0.463 e. The molecule has 1 aliphatic heterocycles. The van der Waals surface area contributed by atoms with Crippen LogP contribution in [0.15, 0.2) is 66.7 Å². The molecule has 35 heavy (non-hydrogen) atoms. The van der Waals surface area contributed by atoms with Crippen LogP contribution in [0.5, 0.6) is 17.5 Å². The second-order valence-electron chi connectivity index (χ2n) is 7.44. The van der Waals surface area contributed by atoms with Crippen LogP contribution in [0.4, 0.5) is 11.4 Å². The van der Waals surface area contributed by atoms with Crippen molar-refractivity contribution in [2.75, 3.05) is 18.7 Å². The molecule has 0 bridgehead atoms. The molecule has 2 heterocycles. The SMILES string of the molecule is CCOc1nc(-c2ccc3c(c2)OCO3)n(-c2ccc(NC(=O)c3ccc([N+](=O)[O-])cc3)cc2)n1. The van der Waals surface area contributed by atoms with Gasteiger partial charge in [0.2, 0.25) is 6.79 Å². The summed E-state index contributed by atoms with van der Waals surface area (Å²) in [6.07, 6.45) is 0. The number of nitro groups is 1. The van der Waals surface area contributed by atoms with E-state index in [9.17, 15) is 14.9 Å². The van der Waals surface area contributed by atoms with Crippen LogP contribution in [0.3, 0.4) is 0 Å². The van der Waals surface area contributed by atoms with Gasteiger partial charge in [-0.3, -0.25) is 14.9 Å². The van der Waals surface area contributed by atoms with Crippen molar-refractivity contribution in [3.05, 3.63) is 82.4 Å². The lowest BCUT2D eigenvalue weighted by molar-refractivity contribution is -0.384. The fraction of sp³-hybridized carbons (Fsp3) is 0.125. The summed E-state index contributed by atoms with van der Waals surface area (Å²) in [5.74, 6) is 1.46. The van der Waals surface area contributed by atoms with Gasteiger partial charge in [-0.2, -0.15) is 4.98 Å². The Kier molecular flexibility index (Phi) is 5.71. The summed E-state index contributed by atoms with van der Waals surface area (Å²) in [6.45, 7) is 2.43. The number of aromatic nitrogens is 3. The monoisotopic (exact) mass is 473 g/mol. The average molecular weight is 473 g/mol. The Labute approximate surface area is 199 Å². The number of hydrogen-bond acceptors (Lipinski definition) is 8. The van der Waals surface area contributed by atoms with E-state index < -0.39 is 4.92 Å². The molecule has 0 unspecified atom stereocenters. The maximum Gasteiger partial charge on any atom is 0.336 e. The van der Waals surface area contributed by atoms with Crippen LogP contribution >= 0.6 is 0 Å². The number of ether oxygens (including phenoxy) is 3. The number of fused-ring (bicyclic) bond motifs is 1. The molecular weight excluding hydrogens is 454 g/mol. The number of carbonyl (C=O) groups is 1.